The normalized spacial score (nSPS) is 14.5. The van der Waals surface area contributed by atoms with E-state index < -0.39 is 69.1 Å². The number of anilines is 1. The van der Waals surface area contributed by atoms with Crippen LogP contribution in [0.5, 0.6) is 5.75 Å². The Hall–Kier alpha value is -4.96. The molecular formula is C29H29F2N5O8S. The number of nitrogens with zero attached hydrogens (tertiary/aromatic N) is 4. The number of hydrogen-bond donors (Lipinski definition) is 1. The first kappa shape index (κ1) is 32.9. The third kappa shape index (κ3) is 7.96. The van der Waals surface area contributed by atoms with Crippen LogP contribution in [0.2, 0.25) is 0 Å². The van der Waals surface area contributed by atoms with Crippen molar-refractivity contribution in [3.05, 3.63) is 94.0 Å². The number of hydrogen-bond acceptors (Lipinski definition) is 8. The highest BCUT2D eigenvalue weighted by Gasteiger charge is 2.35. The third-order valence-electron chi connectivity index (χ3n) is 7.07. The van der Waals surface area contributed by atoms with Gasteiger partial charge in [-0.05, 0) is 48.0 Å². The van der Waals surface area contributed by atoms with Gasteiger partial charge in [-0.3, -0.25) is 24.5 Å². The summed E-state index contributed by atoms with van der Waals surface area (Å²) in [4.78, 5) is 51.8. The molecule has 1 aliphatic heterocycles. The summed E-state index contributed by atoms with van der Waals surface area (Å²) in [7, 11) is -1.31. The van der Waals surface area contributed by atoms with Crippen LogP contribution in [0.1, 0.15) is 5.56 Å². The van der Waals surface area contributed by atoms with Crippen LogP contribution in [0.25, 0.3) is 0 Å². The van der Waals surface area contributed by atoms with Gasteiger partial charge in [-0.25, -0.2) is 17.2 Å². The van der Waals surface area contributed by atoms with E-state index >= 15 is 0 Å². The number of likely N-dealkylation sites (N-methyl/N-ethyl adjacent to an activating group) is 1. The lowest BCUT2D eigenvalue weighted by Gasteiger charge is -2.33. The molecule has 0 aromatic heterocycles. The molecule has 0 radical (unpaired) electrons. The zero-order chi connectivity index (χ0) is 32.9. The molecule has 0 saturated carbocycles. The lowest BCUT2D eigenvalue weighted by Crippen LogP contribution is -2.56. The summed E-state index contributed by atoms with van der Waals surface area (Å²) >= 11 is 0. The second kappa shape index (κ2) is 13.8. The van der Waals surface area contributed by atoms with Gasteiger partial charge in [0.2, 0.25) is 27.7 Å². The number of sulfonamides is 1. The summed E-state index contributed by atoms with van der Waals surface area (Å²) < 4.78 is 59.9. The van der Waals surface area contributed by atoms with E-state index in [-0.39, 0.29) is 30.0 Å². The number of piperazine rings is 1. The highest BCUT2D eigenvalue weighted by molar-refractivity contribution is 7.89. The zero-order valence-electron chi connectivity index (χ0n) is 24.2. The third-order valence-corrected chi connectivity index (χ3v) is 8.91. The average Bonchev–Trinajstić information content (AvgIpc) is 3.00. The molecule has 1 N–H and O–H groups in total. The Labute approximate surface area is 257 Å². The van der Waals surface area contributed by atoms with E-state index in [2.05, 4.69) is 5.32 Å². The number of nitro benzene ring substituents is 1. The molecule has 0 bridgehead atoms. The van der Waals surface area contributed by atoms with Gasteiger partial charge in [-0.1, -0.05) is 6.07 Å². The molecule has 3 aromatic rings. The fourth-order valence-electron chi connectivity index (χ4n) is 4.71. The lowest BCUT2D eigenvalue weighted by atomic mass is 10.0. The van der Waals surface area contributed by atoms with E-state index in [1.165, 1.54) is 31.2 Å². The van der Waals surface area contributed by atoms with Crippen LogP contribution in [-0.4, -0.2) is 86.6 Å². The highest BCUT2D eigenvalue weighted by atomic mass is 32.2. The van der Waals surface area contributed by atoms with Gasteiger partial charge in [0.15, 0.2) is 0 Å². The fourth-order valence-corrected chi connectivity index (χ4v) is 6.13. The zero-order valence-corrected chi connectivity index (χ0v) is 25.0. The monoisotopic (exact) mass is 645 g/mol. The van der Waals surface area contributed by atoms with Crippen LogP contribution >= 0.6 is 0 Å². The molecular weight excluding hydrogens is 616 g/mol. The number of amides is 3. The van der Waals surface area contributed by atoms with E-state index in [1.54, 1.807) is 24.3 Å². The number of methoxy groups -OCH3 is 1. The van der Waals surface area contributed by atoms with Gasteiger partial charge in [0.1, 0.15) is 23.4 Å². The van der Waals surface area contributed by atoms with Crippen molar-refractivity contribution in [3.8, 4) is 5.75 Å². The first-order valence-corrected chi connectivity index (χ1v) is 14.9. The number of ether oxygens (including phenoxy) is 1. The number of carbonyl (C=O) groups excluding carboxylic acids is 3. The molecule has 0 spiro atoms. The Morgan fingerprint density at radius 2 is 1.73 bits per heavy atom. The maximum absolute atomic E-state index is 13.9. The van der Waals surface area contributed by atoms with Crippen molar-refractivity contribution in [2.75, 3.05) is 45.2 Å². The Balaban J connectivity index is 1.46. The smallest absolute Gasteiger partial charge is 0.270 e. The van der Waals surface area contributed by atoms with Crippen molar-refractivity contribution in [2.45, 2.75) is 17.4 Å². The van der Waals surface area contributed by atoms with Crippen molar-refractivity contribution in [1.29, 1.82) is 0 Å². The molecule has 4 rings (SSSR count). The average molecular weight is 646 g/mol. The first-order valence-electron chi connectivity index (χ1n) is 13.5. The Morgan fingerprint density at radius 1 is 1.07 bits per heavy atom. The van der Waals surface area contributed by atoms with E-state index in [0.29, 0.717) is 17.5 Å². The predicted octanol–water partition coefficient (Wildman–Crippen LogP) is 2.10. The Bertz CT molecular complexity index is 1700. The summed E-state index contributed by atoms with van der Waals surface area (Å²) in [6.45, 7) is -1.53. The summed E-state index contributed by atoms with van der Waals surface area (Å²) in [5.41, 5.74) is 0.118. The topological polar surface area (TPSA) is 159 Å². The molecule has 16 heteroatoms. The van der Waals surface area contributed by atoms with Crippen molar-refractivity contribution < 1.29 is 41.2 Å². The van der Waals surface area contributed by atoms with Crippen molar-refractivity contribution in [2.24, 2.45) is 0 Å². The van der Waals surface area contributed by atoms with E-state index in [0.717, 1.165) is 33.5 Å². The molecule has 3 aromatic carbocycles. The molecule has 1 aliphatic rings. The SMILES string of the molecule is COc1ccc(N(C)C(=O)[C@H](Cc2cc(F)cc(F)c2)NC(=O)CN2CCN(S(=O)(=O)c3cccc([N+](=O)[O-])c3)CC2=O)cc1. The fraction of sp³-hybridized carbons (Fsp3) is 0.276. The quantitative estimate of drug-likeness (QED) is 0.245. The molecule has 1 atom stereocenters. The number of carbonyl (C=O) groups is 3. The van der Waals surface area contributed by atoms with Gasteiger partial charge in [0.05, 0.1) is 30.0 Å². The second-order valence-corrected chi connectivity index (χ2v) is 12.0. The van der Waals surface area contributed by atoms with Crippen LogP contribution < -0.4 is 15.0 Å². The highest BCUT2D eigenvalue weighted by Crippen LogP contribution is 2.23. The Morgan fingerprint density at radius 3 is 2.33 bits per heavy atom. The molecule has 1 heterocycles. The van der Waals surface area contributed by atoms with E-state index in [9.17, 15) is 41.7 Å². The summed E-state index contributed by atoms with van der Waals surface area (Å²) in [6.07, 6.45) is -0.275. The lowest BCUT2D eigenvalue weighted by molar-refractivity contribution is -0.385. The number of halogens is 2. The van der Waals surface area contributed by atoms with Crippen molar-refractivity contribution in [1.82, 2.24) is 14.5 Å². The number of non-ortho nitro benzene ring substituents is 1. The van der Waals surface area contributed by atoms with E-state index in [1.807, 2.05) is 0 Å². The van der Waals surface area contributed by atoms with Gasteiger partial charge in [0, 0.05) is 50.4 Å². The predicted molar refractivity (Wildman–Crippen MR) is 157 cm³/mol. The maximum atomic E-state index is 13.9. The van der Waals surface area contributed by atoms with Gasteiger partial charge in [-0.15, -0.1) is 0 Å². The molecule has 1 saturated heterocycles. The largest absolute Gasteiger partial charge is 0.497 e. The van der Waals surface area contributed by atoms with Crippen LogP contribution in [0.4, 0.5) is 20.2 Å². The van der Waals surface area contributed by atoms with Gasteiger partial charge >= 0.3 is 0 Å². The molecule has 45 heavy (non-hydrogen) atoms. The number of benzene rings is 3. The minimum atomic E-state index is -4.25. The number of nitrogens with one attached hydrogen (secondary N) is 1. The van der Waals surface area contributed by atoms with Crippen molar-refractivity contribution >= 4 is 39.1 Å². The van der Waals surface area contributed by atoms with Gasteiger partial charge in [0.25, 0.3) is 5.69 Å². The van der Waals surface area contributed by atoms with Crippen LogP contribution in [-0.2, 0) is 30.8 Å². The first-order chi connectivity index (χ1) is 21.3. The minimum absolute atomic E-state index is 0.102. The van der Waals surface area contributed by atoms with E-state index in [4.69, 9.17) is 4.74 Å². The maximum Gasteiger partial charge on any atom is 0.270 e. The standard InChI is InChI=1S/C29H29F2N5O8S/c1-33(22-6-8-24(44-2)9-7-22)29(39)26(14-19-12-20(30)15-21(31)13-19)32-27(37)17-34-10-11-35(18-28(34)38)45(42,43)25-5-3-4-23(16-25)36(40)41/h3-9,12-13,15-16,26H,10-11,14,17-18H2,1-2H3,(H,32,37)/t26-/m0/s1. The molecule has 13 nitrogen and oxygen atoms in total. The minimum Gasteiger partial charge on any atom is -0.497 e. The molecule has 3 amide bonds. The molecule has 238 valence electrons. The number of rotatable bonds is 11. The summed E-state index contributed by atoms with van der Waals surface area (Å²) in [6, 6.07) is 12.3. The van der Waals surface area contributed by atoms with Crippen LogP contribution in [0.3, 0.4) is 0 Å². The number of nitro groups is 1. The van der Waals surface area contributed by atoms with Gasteiger partial charge in [-0.2, -0.15) is 4.31 Å². The summed E-state index contributed by atoms with van der Waals surface area (Å²) in [5.74, 6) is -3.28. The van der Waals surface area contributed by atoms with Crippen molar-refractivity contribution in [3.63, 3.8) is 0 Å². The summed E-state index contributed by atoms with van der Waals surface area (Å²) in [5, 5.41) is 13.6. The molecule has 0 aliphatic carbocycles. The molecule has 0 unspecified atom stereocenters. The van der Waals surface area contributed by atoms with Crippen LogP contribution in [0.15, 0.2) is 71.6 Å². The molecule has 1 fully saturated rings. The Kier molecular flexibility index (Phi) is 10.1. The second-order valence-electron chi connectivity index (χ2n) is 10.1. The van der Waals surface area contributed by atoms with Gasteiger partial charge < -0.3 is 19.9 Å². The van der Waals surface area contributed by atoms with Crippen LogP contribution in [0, 0.1) is 21.7 Å².